The first-order chi connectivity index (χ1) is 17.0. The van der Waals surface area contributed by atoms with Crippen LogP contribution in [0.5, 0.6) is 0 Å². The summed E-state index contributed by atoms with van der Waals surface area (Å²) in [5.74, 6) is 0.0700. The number of carbonyl (C=O) groups is 1. The lowest BCUT2D eigenvalue weighted by Crippen LogP contribution is -2.59. The van der Waals surface area contributed by atoms with Crippen molar-refractivity contribution in [3.8, 4) is 0 Å². The van der Waals surface area contributed by atoms with E-state index in [9.17, 15) is 9.90 Å². The van der Waals surface area contributed by atoms with E-state index in [1.54, 1.807) is 6.20 Å². The molecule has 0 bridgehead atoms. The highest BCUT2D eigenvalue weighted by Crippen LogP contribution is 2.23. The van der Waals surface area contributed by atoms with Crippen LogP contribution >= 0.6 is 0 Å². The lowest BCUT2D eigenvalue weighted by molar-refractivity contribution is -0.805. The predicted molar refractivity (Wildman–Crippen MR) is 150 cm³/mol. The minimum absolute atomic E-state index is 0.0216. The maximum absolute atomic E-state index is 11.3. The molecule has 0 fully saturated rings. The normalized spacial score (nSPS) is 18.2. The minimum Gasteiger partial charge on any atom is -0.477 e. The fraction of sp³-hybridized carbons (Fsp3) is 0.867. The third kappa shape index (κ3) is 14.8. The monoisotopic (exact) mass is 492 g/mol. The molecule has 0 saturated heterocycles. The van der Waals surface area contributed by atoms with Crippen molar-refractivity contribution in [3.63, 3.8) is 0 Å². The van der Waals surface area contributed by atoms with E-state index in [-0.39, 0.29) is 17.2 Å². The van der Waals surface area contributed by atoms with Crippen LogP contribution in [0.4, 0.5) is 0 Å². The summed E-state index contributed by atoms with van der Waals surface area (Å²) in [5.41, 5.74) is 6.13. The van der Waals surface area contributed by atoms with Crippen molar-refractivity contribution in [1.29, 1.82) is 0 Å². The molecule has 1 aliphatic rings. The summed E-state index contributed by atoms with van der Waals surface area (Å²) in [6.45, 7) is 4.13. The van der Waals surface area contributed by atoms with Gasteiger partial charge in [-0.15, -0.1) is 0 Å². The number of amidine groups is 1. The van der Waals surface area contributed by atoms with Gasteiger partial charge in [0.2, 0.25) is 5.84 Å². The van der Waals surface area contributed by atoms with Gasteiger partial charge in [-0.05, 0) is 6.42 Å². The number of aliphatic carboxylic acids is 1. The molecule has 0 spiro atoms. The van der Waals surface area contributed by atoms with Gasteiger partial charge in [-0.2, -0.15) is 0 Å². The van der Waals surface area contributed by atoms with Crippen LogP contribution < -0.4 is 5.73 Å². The van der Waals surface area contributed by atoms with Gasteiger partial charge >= 0.3 is 5.97 Å². The highest BCUT2D eigenvalue weighted by molar-refractivity contribution is 5.81. The molecule has 0 aromatic rings. The summed E-state index contributed by atoms with van der Waals surface area (Å²) < 4.78 is 0.175. The van der Waals surface area contributed by atoms with Crippen molar-refractivity contribution >= 4 is 11.8 Å². The highest BCUT2D eigenvalue weighted by atomic mass is 16.4. The Morgan fingerprint density at radius 2 is 1.14 bits per heavy atom. The molecule has 1 aliphatic heterocycles. The number of nitrogens with two attached hydrogens (primary N) is 1. The SMILES string of the molecule is CCCCCCCCCCCCCCCCCCCCCCCC1=NC=C[N+]1(CC(=O)O)C(C)N. The van der Waals surface area contributed by atoms with E-state index in [1.807, 2.05) is 13.1 Å². The van der Waals surface area contributed by atoms with Crippen molar-refractivity contribution in [3.05, 3.63) is 12.4 Å². The van der Waals surface area contributed by atoms with Crippen molar-refractivity contribution in [2.45, 2.75) is 161 Å². The molecule has 0 aromatic heterocycles. The van der Waals surface area contributed by atoms with Crippen LogP contribution in [0.2, 0.25) is 0 Å². The Hall–Kier alpha value is -1.20. The zero-order valence-corrected chi connectivity index (χ0v) is 23.3. The number of rotatable bonds is 25. The van der Waals surface area contributed by atoms with Gasteiger partial charge < -0.3 is 5.11 Å². The van der Waals surface area contributed by atoms with Crippen LogP contribution in [-0.2, 0) is 4.79 Å². The second-order valence-corrected chi connectivity index (χ2v) is 10.9. The number of unbranched alkanes of at least 4 members (excludes halogenated alkanes) is 20. The third-order valence-electron chi connectivity index (χ3n) is 7.66. The lowest BCUT2D eigenvalue weighted by Gasteiger charge is -2.34. The molecule has 35 heavy (non-hydrogen) atoms. The molecule has 2 unspecified atom stereocenters. The van der Waals surface area contributed by atoms with Gasteiger partial charge in [0.1, 0.15) is 12.4 Å². The molecule has 204 valence electrons. The lowest BCUT2D eigenvalue weighted by atomic mass is 10.0. The fourth-order valence-electron chi connectivity index (χ4n) is 5.30. The third-order valence-corrected chi connectivity index (χ3v) is 7.66. The quantitative estimate of drug-likeness (QED) is 0.0988. The topological polar surface area (TPSA) is 75.7 Å². The maximum atomic E-state index is 11.3. The molecular weight excluding hydrogens is 434 g/mol. The van der Waals surface area contributed by atoms with Gasteiger partial charge in [0.25, 0.3) is 0 Å². The van der Waals surface area contributed by atoms with Gasteiger partial charge in [0.15, 0.2) is 6.54 Å². The highest BCUT2D eigenvalue weighted by Gasteiger charge is 2.40. The molecule has 0 amide bonds. The molecule has 0 radical (unpaired) electrons. The molecule has 1 rings (SSSR count). The van der Waals surface area contributed by atoms with Crippen LogP contribution in [0.3, 0.4) is 0 Å². The van der Waals surface area contributed by atoms with Crippen molar-refractivity contribution in [1.82, 2.24) is 0 Å². The zero-order valence-electron chi connectivity index (χ0n) is 23.3. The Labute approximate surface area is 217 Å². The molecular formula is C30H58N3O2+. The van der Waals surface area contributed by atoms with Crippen LogP contribution in [0, 0.1) is 0 Å². The number of nitrogens with zero attached hydrogens (tertiary/aromatic N) is 2. The second-order valence-electron chi connectivity index (χ2n) is 10.9. The maximum Gasteiger partial charge on any atom is 0.360 e. The average Bonchev–Trinajstić information content (AvgIpc) is 3.23. The molecule has 2 atom stereocenters. The number of quaternary nitrogens is 1. The van der Waals surface area contributed by atoms with Gasteiger partial charge in [0.05, 0.1) is 6.20 Å². The largest absolute Gasteiger partial charge is 0.477 e. The van der Waals surface area contributed by atoms with Crippen LogP contribution in [0.25, 0.3) is 0 Å². The van der Waals surface area contributed by atoms with Gasteiger partial charge in [0, 0.05) is 13.3 Å². The van der Waals surface area contributed by atoms with Gasteiger partial charge in [-0.25, -0.2) is 14.3 Å². The summed E-state index contributed by atoms with van der Waals surface area (Å²) in [7, 11) is 0. The Morgan fingerprint density at radius 3 is 1.49 bits per heavy atom. The smallest absolute Gasteiger partial charge is 0.360 e. The van der Waals surface area contributed by atoms with Crippen LogP contribution in [-0.4, -0.2) is 34.1 Å². The Balaban J connectivity index is 1.86. The van der Waals surface area contributed by atoms with E-state index in [0.717, 1.165) is 18.7 Å². The Bertz CT molecular complexity index is 588. The number of aliphatic imine (C=N–C) groups is 1. The van der Waals surface area contributed by atoms with Gasteiger partial charge in [-0.1, -0.05) is 135 Å². The van der Waals surface area contributed by atoms with E-state index in [0.29, 0.717) is 0 Å². The van der Waals surface area contributed by atoms with E-state index in [4.69, 9.17) is 5.73 Å². The standard InChI is InChI=1S/C30H57N3O2/c1-3-4-5-6-7-8-9-10-11-12-13-14-15-16-17-18-19-20-21-22-23-24-29-32-25-26-33(29,28(2)31)27-30(34)35/h25-26,28H,3-24,27,31H2,1-2H3/p+1. The summed E-state index contributed by atoms with van der Waals surface area (Å²) >= 11 is 0. The Kier molecular flexibility index (Phi) is 19.0. The van der Waals surface area contributed by atoms with Crippen molar-refractivity contribution in [2.75, 3.05) is 6.54 Å². The van der Waals surface area contributed by atoms with Crippen LogP contribution in [0.1, 0.15) is 155 Å². The first-order valence-corrected chi connectivity index (χ1v) is 15.1. The number of hydrogen-bond donors (Lipinski definition) is 2. The number of carboxylic acids is 1. The molecule has 0 aromatic carbocycles. The average molecular weight is 493 g/mol. The fourth-order valence-corrected chi connectivity index (χ4v) is 5.30. The summed E-state index contributed by atoms with van der Waals surface area (Å²) in [4.78, 5) is 15.8. The van der Waals surface area contributed by atoms with E-state index >= 15 is 0 Å². The molecule has 3 N–H and O–H groups in total. The molecule has 0 saturated carbocycles. The molecule has 0 aliphatic carbocycles. The first-order valence-electron chi connectivity index (χ1n) is 15.1. The van der Waals surface area contributed by atoms with E-state index < -0.39 is 5.97 Å². The Morgan fingerprint density at radius 1 is 0.771 bits per heavy atom. The van der Waals surface area contributed by atoms with E-state index in [2.05, 4.69) is 11.9 Å². The molecule has 1 heterocycles. The van der Waals surface area contributed by atoms with Crippen molar-refractivity contribution in [2.24, 2.45) is 10.7 Å². The van der Waals surface area contributed by atoms with E-state index in [1.165, 1.54) is 128 Å². The van der Waals surface area contributed by atoms with Gasteiger partial charge in [-0.3, -0.25) is 5.73 Å². The predicted octanol–water partition coefficient (Wildman–Crippen LogP) is 8.68. The first kappa shape index (κ1) is 31.8. The number of carboxylic acid groups (broad SMARTS) is 1. The summed E-state index contributed by atoms with van der Waals surface area (Å²) in [6.07, 6.45) is 33.1. The minimum atomic E-state index is -0.833. The number of hydrogen-bond acceptors (Lipinski definition) is 3. The van der Waals surface area contributed by atoms with Crippen molar-refractivity contribution < 1.29 is 14.4 Å². The summed E-state index contributed by atoms with van der Waals surface area (Å²) in [5, 5.41) is 9.29. The second kappa shape index (κ2) is 20.9. The molecule has 5 nitrogen and oxygen atoms in total. The van der Waals surface area contributed by atoms with Crippen LogP contribution in [0.15, 0.2) is 17.4 Å². The summed E-state index contributed by atoms with van der Waals surface area (Å²) in [6, 6.07) is 0. The zero-order chi connectivity index (χ0) is 25.6. The molecule has 5 heteroatoms.